The van der Waals surface area contributed by atoms with Crippen molar-refractivity contribution in [2.75, 3.05) is 24.3 Å². The van der Waals surface area contributed by atoms with Crippen LogP contribution in [0, 0.1) is 0 Å². The van der Waals surface area contributed by atoms with Crippen LogP contribution in [0.1, 0.15) is 24.2 Å². The molecule has 106 valence electrons. The summed E-state index contributed by atoms with van der Waals surface area (Å²) in [6.07, 6.45) is -0.463. The van der Waals surface area contributed by atoms with Gasteiger partial charge in [0.25, 0.3) is 0 Å². The van der Waals surface area contributed by atoms with E-state index in [-0.39, 0.29) is 0 Å². The van der Waals surface area contributed by atoms with E-state index in [1.807, 2.05) is 38.4 Å². The van der Waals surface area contributed by atoms with E-state index >= 15 is 0 Å². The molecule has 0 bridgehead atoms. The second-order valence-electron chi connectivity index (χ2n) is 5.18. The van der Waals surface area contributed by atoms with Gasteiger partial charge in [-0.1, -0.05) is 30.3 Å². The summed E-state index contributed by atoms with van der Waals surface area (Å²) in [5.74, 6) is 0. The van der Waals surface area contributed by atoms with Gasteiger partial charge in [0, 0.05) is 37.6 Å². The Hall–Kier alpha value is -2.00. The Labute approximate surface area is 120 Å². The molecule has 0 spiro atoms. The van der Waals surface area contributed by atoms with Crippen LogP contribution in [0.3, 0.4) is 0 Å². The van der Waals surface area contributed by atoms with Gasteiger partial charge in [0.05, 0.1) is 6.10 Å². The third-order valence-corrected chi connectivity index (χ3v) is 3.35. The van der Waals surface area contributed by atoms with Gasteiger partial charge in [0.1, 0.15) is 0 Å². The molecule has 3 nitrogen and oxygen atoms in total. The monoisotopic (exact) mass is 270 g/mol. The highest BCUT2D eigenvalue weighted by molar-refractivity contribution is 5.53. The molecule has 2 aromatic carbocycles. The number of hydrogen-bond acceptors (Lipinski definition) is 3. The van der Waals surface area contributed by atoms with Gasteiger partial charge < -0.3 is 15.3 Å². The molecule has 0 radical (unpaired) electrons. The number of para-hydroxylation sites is 1. The fourth-order valence-corrected chi connectivity index (χ4v) is 2.13. The quantitative estimate of drug-likeness (QED) is 0.874. The summed E-state index contributed by atoms with van der Waals surface area (Å²) < 4.78 is 0. The lowest BCUT2D eigenvalue weighted by atomic mass is 10.1. The molecule has 0 saturated carbocycles. The van der Waals surface area contributed by atoms with Crippen molar-refractivity contribution in [3.05, 3.63) is 59.7 Å². The van der Waals surface area contributed by atoms with Gasteiger partial charge in [-0.3, -0.25) is 0 Å². The minimum absolute atomic E-state index is 0.463. The zero-order valence-electron chi connectivity index (χ0n) is 12.3. The van der Waals surface area contributed by atoms with Crippen molar-refractivity contribution in [3.8, 4) is 0 Å². The SMILES string of the molecule is CC(O)c1ccccc1NCc1ccc(N(C)C)cc1. The largest absolute Gasteiger partial charge is 0.389 e. The van der Waals surface area contributed by atoms with E-state index < -0.39 is 6.10 Å². The summed E-state index contributed by atoms with van der Waals surface area (Å²) in [6, 6.07) is 16.3. The maximum absolute atomic E-state index is 9.75. The van der Waals surface area contributed by atoms with Gasteiger partial charge in [0.2, 0.25) is 0 Å². The van der Waals surface area contributed by atoms with Crippen molar-refractivity contribution in [1.29, 1.82) is 0 Å². The smallest absolute Gasteiger partial charge is 0.0781 e. The average molecular weight is 270 g/mol. The number of aliphatic hydroxyl groups is 1. The molecule has 3 heteroatoms. The predicted molar refractivity (Wildman–Crippen MR) is 85.2 cm³/mol. The molecule has 1 atom stereocenters. The molecule has 2 rings (SSSR count). The molecule has 1 unspecified atom stereocenters. The lowest BCUT2D eigenvalue weighted by Gasteiger charge is -2.15. The van der Waals surface area contributed by atoms with Crippen LogP contribution >= 0.6 is 0 Å². The van der Waals surface area contributed by atoms with Crippen LogP contribution in [-0.2, 0) is 6.54 Å². The first-order valence-corrected chi connectivity index (χ1v) is 6.85. The molecule has 20 heavy (non-hydrogen) atoms. The number of anilines is 2. The van der Waals surface area contributed by atoms with E-state index in [0.717, 1.165) is 17.8 Å². The standard InChI is InChI=1S/C17H22N2O/c1-13(20)16-6-4-5-7-17(16)18-12-14-8-10-15(11-9-14)19(2)3/h4-11,13,18,20H,12H2,1-3H3. The minimum atomic E-state index is -0.463. The van der Waals surface area contributed by atoms with Crippen LogP contribution in [-0.4, -0.2) is 19.2 Å². The Morgan fingerprint density at radius 3 is 2.30 bits per heavy atom. The van der Waals surface area contributed by atoms with E-state index in [1.54, 1.807) is 6.92 Å². The van der Waals surface area contributed by atoms with Gasteiger partial charge >= 0.3 is 0 Å². The van der Waals surface area contributed by atoms with E-state index in [4.69, 9.17) is 0 Å². The van der Waals surface area contributed by atoms with Crippen molar-refractivity contribution >= 4 is 11.4 Å². The van der Waals surface area contributed by atoms with Crippen LogP contribution in [0.4, 0.5) is 11.4 Å². The van der Waals surface area contributed by atoms with Gasteiger partial charge in [0.15, 0.2) is 0 Å². The minimum Gasteiger partial charge on any atom is -0.389 e. The lowest BCUT2D eigenvalue weighted by molar-refractivity contribution is 0.200. The molecule has 0 fully saturated rings. The van der Waals surface area contributed by atoms with Crippen LogP contribution < -0.4 is 10.2 Å². The number of benzene rings is 2. The second-order valence-corrected chi connectivity index (χ2v) is 5.18. The molecule has 0 heterocycles. The van der Waals surface area contributed by atoms with Gasteiger partial charge in [-0.2, -0.15) is 0 Å². The molecule has 0 aliphatic heterocycles. The summed E-state index contributed by atoms with van der Waals surface area (Å²) >= 11 is 0. The molecular formula is C17H22N2O. The first-order valence-electron chi connectivity index (χ1n) is 6.85. The average Bonchev–Trinajstić information content (AvgIpc) is 2.45. The highest BCUT2D eigenvalue weighted by Crippen LogP contribution is 2.23. The second kappa shape index (κ2) is 6.44. The summed E-state index contributed by atoms with van der Waals surface area (Å²) in [5.41, 5.74) is 4.32. The molecule has 0 aromatic heterocycles. The van der Waals surface area contributed by atoms with Gasteiger partial charge in [-0.05, 0) is 30.7 Å². The first-order chi connectivity index (χ1) is 9.58. The first kappa shape index (κ1) is 14.4. The molecular weight excluding hydrogens is 248 g/mol. The summed E-state index contributed by atoms with van der Waals surface area (Å²) in [7, 11) is 4.07. The topological polar surface area (TPSA) is 35.5 Å². The van der Waals surface area contributed by atoms with Crippen molar-refractivity contribution < 1.29 is 5.11 Å². The highest BCUT2D eigenvalue weighted by atomic mass is 16.3. The fraction of sp³-hybridized carbons (Fsp3) is 0.294. The molecule has 0 saturated heterocycles. The Morgan fingerprint density at radius 1 is 1.05 bits per heavy atom. The van der Waals surface area contributed by atoms with Crippen molar-refractivity contribution in [3.63, 3.8) is 0 Å². The van der Waals surface area contributed by atoms with Crippen molar-refractivity contribution in [1.82, 2.24) is 0 Å². The van der Waals surface area contributed by atoms with Gasteiger partial charge in [-0.15, -0.1) is 0 Å². The molecule has 0 aliphatic rings. The van der Waals surface area contributed by atoms with Crippen LogP contribution in [0.15, 0.2) is 48.5 Å². The highest BCUT2D eigenvalue weighted by Gasteiger charge is 2.06. The lowest BCUT2D eigenvalue weighted by Crippen LogP contribution is -2.09. The number of rotatable bonds is 5. The van der Waals surface area contributed by atoms with E-state index in [2.05, 4.69) is 34.5 Å². The van der Waals surface area contributed by atoms with Crippen LogP contribution in [0.5, 0.6) is 0 Å². The number of nitrogens with zero attached hydrogens (tertiary/aromatic N) is 1. The third kappa shape index (κ3) is 3.52. The zero-order valence-corrected chi connectivity index (χ0v) is 12.3. The van der Waals surface area contributed by atoms with Crippen molar-refractivity contribution in [2.24, 2.45) is 0 Å². The maximum Gasteiger partial charge on any atom is 0.0781 e. The third-order valence-electron chi connectivity index (χ3n) is 3.35. The van der Waals surface area contributed by atoms with Crippen LogP contribution in [0.2, 0.25) is 0 Å². The maximum atomic E-state index is 9.75. The molecule has 2 aromatic rings. The number of nitrogens with one attached hydrogen (secondary N) is 1. The van der Waals surface area contributed by atoms with E-state index in [9.17, 15) is 5.11 Å². The van der Waals surface area contributed by atoms with Crippen molar-refractivity contribution in [2.45, 2.75) is 19.6 Å². The number of hydrogen-bond donors (Lipinski definition) is 2. The molecule has 2 N–H and O–H groups in total. The Kier molecular flexibility index (Phi) is 4.64. The Bertz CT molecular complexity index is 547. The van der Waals surface area contributed by atoms with Crippen LogP contribution in [0.25, 0.3) is 0 Å². The number of aliphatic hydroxyl groups excluding tert-OH is 1. The summed E-state index contributed by atoms with van der Waals surface area (Å²) in [5, 5.41) is 13.1. The van der Waals surface area contributed by atoms with E-state index in [1.165, 1.54) is 11.3 Å². The van der Waals surface area contributed by atoms with E-state index in [0.29, 0.717) is 0 Å². The Balaban J connectivity index is 2.05. The zero-order chi connectivity index (χ0) is 14.5. The molecule has 0 amide bonds. The summed E-state index contributed by atoms with van der Waals surface area (Å²) in [6.45, 7) is 2.53. The summed E-state index contributed by atoms with van der Waals surface area (Å²) in [4.78, 5) is 2.08. The normalized spacial score (nSPS) is 12.0. The Morgan fingerprint density at radius 2 is 1.70 bits per heavy atom. The van der Waals surface area contributed by atoms with Gasteiger partial charge in [-0.25, -0.2) is 0 Å². The predicted octanol–water partition coefficient (Wildman–Crippen LogP) is 3.42. The molecule has 0 aliphatic carbocycles. The fourth-order valence-electron chi connectivity index (χ4n) is 2.13.